The summed E-state index contributed by atoms with van der Waals surface area (Å²) in [5.74, 6) is 0. The quantitative estimate of drug-likeness (QED) is 0.630. The molecule has 0 spiro atoms. The van der Waals surface area contributed by atoms with Crippen LogP contribution in [0.5, 0.6) is 0 Å². The van der Waals surface area contributed by atoms with Crippen LogP contribution in [0.2, 0.25) is 0 Å². The van der Waals surface area contributed by atoms with Gasteiger partial charge in [0.25, 0.3) is 0 Å². The van der Waals surface area contributed by atoms with Gasteiger partial charge in [0.15, 0.2) is 0 Å². The van der Waals surface area contributed by atoms with Crippen molar-refractivity contribution in [3.8, 4) is 0 Å². The molecule has 2 rings (SSSR count). The predicted molar refractivity (Wildman–Crippen MR) is 70.2 cm³/mol. The molecule has 0 saturated heterocycles. The zero-order valence-corrected chi connectivity index (χ0v) is 9.83. The Bertz CT molecular complexity index is 489. The highest BCUT2D eigenvalue weighted by Crippen LogP contribution is 2.21. The fraction of sp³-hybridized carbons (Fsp3) is 0.188. The fourth-order valence-electron chi connectivity index (χ4n) is 1.71. The van der Waals surface area contributed by atoms with Crippen molar-refractivity contribution >= 4 is 5.57 Å². The first-order valence-electron chi connectivity index (χ1n) is 5.70. The normalized spacial score (nSPS) is 14.4. The van der Waals surface area contributed by atoms with Crippen LogP contribution in [0.25, 0.3) is 5.57 Å². The molecule has 0 heteroatoms. The van der Waals surface area contributed by atoms with Gasteiger partial charge in [-0.25, -0.2) is 0 Å². The minimum atomic E-state index is 1.02. The average molecular weight is 208 g/mol. The number of aryl methyl sites for hydroxylation is 1. The Morgan fingerprint density at radius 3 is 2.56 bits per heavy atom. The van der Waals surface area contributed by atoms with Crippen LogP contribution in [0.3, 0.4) is 0 Å². The van der Waals surface area contributed by atoms with Crippen molar-refractivity contribution in [1.82, 2.24) is 0 Å². The first-order valence-corrected chi connectivity index (χ1v) is 5.70. The van der Waals surface area contributed by atoms with E-state index in [0.717, 1.165) is 6.42 Å². The number of hydrogen-bond acceptors (Lipinski definition) is 0. The van der Waals surface area contributed by atoms with Gasteiger partial charge < -0.3 is 0 Å². The summed E-state index contributed by atoms with van der Waals surface area (Å²) in [6.07, 6.45) is 9.41. The summed E-state index contributed by atoms with van der Waals surface area (Å²) in [6.45, 7) is 4.27. The maximum absolute atomic E-state index is 3.27. The molecule has 0 fully saturated rings. The molecular formula is C16H16. The Labute approximate surface area is 97.3 Å². The van der Waals surface area contributed by atoms with Gasteiger partial charge in [-0.2, -0.15) is 0 Å². The first-order chi connectivity index (χ1) is 7.79. The minimum Gasteiger partial charge on any atom is -0.117 e. The first kappa shape index (κ1) is 10.7. The number of allylic oxidation sites excluding steroid dienone is 5. The molecule has 0 heterocycles. The molecule has 0 nitrogen and oxygen atoms in total. The van der Waals surface area contributed by atoms with E-state index in [1.54, 1.807) is 0 Å². The SMILES string of the molecule is CCC1=C=CC=CC(c2ccc(C)cc2)=C1. The van der Waals surface area contributed by atoms with Crippen molar-refractivity contribution in [3.63, 3.8) is 0 Å². The van der Waals surface area contributed by atoms with Crippen molar-refractivity contribution < 1.29 is 0 Å². The Morgan fingerprint density at radius 1 is 1.12 bits per heavy atom. The van der Waals surface area contributed by atoms with Crippen LogP contribution in [0.15, 0.2) is 59.9 Å². The van der Waals surface area contributed by atoms with Gasteiger partial charge in [0.2, 0.25) is 0 Å². The molecule has 1 aliphatic carbocycles. The summed E-state index contributed by atoms with van der Waals surface area (Å²) in [5.41, 5.74) is 8.35. The standard InChI is InChI=1S/C16H16/c1-3-14-6-4-5-7-16(12-14)15-10-8-13(2)9-11-15/h4-5,7-12H,3H2,1-2H3. The third kappa shape index (κ3) is 2.42. The predicted octanol–water partition coefficient (Wildman–Crippen LogP) is 4.44. The average Bonchev–Trinajstić information content (AvgIpc) is 2.55. The number of rotatable bonds is 2. The molecule has 0 unspecified atom stereocenters. The van der Waals surface area contributed by atoms with E-state index in [-0.39, 0.29) is 0 Å². The Morgan fingerprint density at radius 2 is 1.88 bits per heavy atom. The van der Waals surface area contributed by atoms with E-state index in [1.807, 2.05) is 12.2 Å². The van der Waals surface area contributed by atoms with Gasteiger partial charge in [-0.05, 0) is 42.2 Å². The third-order valence-corrected chi connectivity index (χ3v) is 2.74. The second kappa shape index (κ2) is 4.83. The van der Waals surface area contributed by atoms with E-state index in [9.17, 15) is 0 Å². The van der Waals surface area contributed by atoms with E-state index in [1.165, 1.54) is 22.3 Å². The Balaban J connectivity index is 2.38. The van der Waals surface area contributed by atoms with Crippen LogP contribution in [-0.4, -0.2) is 0 Å². The van der Waals surface area contributed by atoms with E-state index in [4.69, 9.17) is 0 Å². The molecule has 16 heavy (non-hydrogen) atoms. The molecule has 1 aromatic rings. The van der Waals surface area contributed by atoms with Crippen molar-refractivity contribution in [3.05, 3.63) is 71.0 Å². The lowest BCUT2D eigenvalue weighted by molar-refractivity contribution is 1.16. The smallest absolute Gasteiger partial charge is 0.00569 e. The van der Waals surface area contributed by atoms with Crippen molar-refractivity contribution in [2.75, 3.05) is 0 Å². The summed E-state index contributed by atoms with van der Waals surface area (Å²) >= 11 is 0. The summed E-state index contributed by atoms with van der Waals surface area (Å²) in [5, 5.41) is 0. The third-order valence-electron chi connectivity index (χ3n) is 2.74. The molecule has 0 N–H and O–H groups in total. The molecule has 1 aromatic carbocycles. The lowest BCUT2D eigenvalue weighted by Gasteiger charge is -2.03. The molecular weight excluding hydrogens is 192 g/mol. The Kier molecular flexibility index (Phi) is 3.24. The van der Waals surface area contributed by atoms with E-state index in [2.05, 4.69) is 56.0 Å². The Hall–Kier alpha value is -1.78. The monoisotopic (exact) mass is 208 g/mol. The highest BCUT2D eigenvalue weighted by atomic mass is 14.0. The molecule has 80 valence electrons. The molecule has 0 aliphatic heterocycles. The second-order valence-electron chi connectivity index (χ2n) is 4.01. The van der Waals surface area contributed by atoms with Crippen LogP contribution in [-0.2, 0) is 0 Å². The van der Waals surface area contributed by atoms with Gasteiger partial charge in [0.1, 0.15) is 0 Å². The van der Waals surface area contributed by atoms with E-state index >= 15 is 0 Å². The summed E-state index contributed by atoms with van der Waals surface area (Å²) in [6, 6.07) is 8.64. The van der Waals surface area contributed by atoms with E-state index in [0.29, 0.717) is 0 Å². The van der Waals surface area contributed by atoms with Gasteiger partial charge in [-0.3, -0.25) is 0 Å². The van der Waals surface area contributed by atoms with Crippen molar-refractivity contribution in [2.24, 2.45) is 0 Å². The minimum absolute atomic E-state index is 1.02. The molecule has 0 amide bonds. The summed E-state index contributed by atoms with van der Waals surface area (Å²) in [7, 11) is 0. The van der Waals surface area contributed by atoms with Gasteiger partial charge in [-0.1, -0.05) is 48.9 Å². The molecule has 0 radical (unpaired) electrons. The van der Waals surface area contributed by atoms with Gasteiger partial charge in [0.05, 0.1) is 0 Å². The summed E-state index contributed by atoms with van der Waals surface area (Å²) < 4.78 is 0. The maximum atomic E-state index is 3.27. The highest BCUT2D eigenvalue weighted by Gasteiger charge is 2.00. The van der Waals surface area contributed by atoms with Gasteiger partial charge in [0, 0.05) is 0 Å². The lowest BCUT2D eigenvalue weighted by atomic mass is 10.0. The number of hydrogen-bond donors (Lipinski definition) is 0. The number of benzene rings is 1. The topological polar surface area (TPSA) is 0 Å². The molecule has 0 bridgehead atoms. The maximum Gasteiger partial charge on any atom is -0.00569 e. The fourth-order valence-corrected chi connectivity index (χ4v) is 1.71. The van der Waals surface area contributed by atoms with Crippen molar-refractivity contribution in [2.45, 2.75) is 20.3 Å². The van der Waals surface area contributed by atoms with Gasteiger partial charge in [-0.15, -0.1) is 5.73 Å². The zero-order chi connectivity index (χ0) is 11.4. The van der Waals surface area contributed by atoms with Crippen LogP contribution in [0.1, 0.15) is 24.5 Å². The van der Waals surface area contributed by atoms with Gasteiger partial charge >= 0.3 is 0 Å². The van der Waals surface area contributed by atoms with Crippen molar-refractivity contribution in [1.29, 1.82) is 0 Å². The second-order valence-corrected chi connectivity index (χ2v) is 4.01. The zero-order valence-electron chi connectivity index (χ0n) is 9.83. The molecule has 0 aromatic heterocycles. The van der Waals surface area contributed by atoms with Crippen LogP contribution in [0, 0.1) is 6.92 Å². The lowest BCUT2D eigenvalue weighted by Crippen LogP contribution is -1.83. The molecule has 1 aliphatic rings. The largest absolute Gasteiger partial charge is 0.117 e. The molecule has 0 atom stereocenters. The van der Waals surface area contributed by atoms with Crippen LogP contribution < -0.4 is 0 Å². The highest BCUT2D eigenvalue weighted by molar-refractivity contribution is 5.77. The molecule has 0 saturated carbocycles. The van der Waals surface area contributed by atoms with Crippen LogP contribution in [0.4, 0.5) is 0 Å². The van der Waals surface area contributed by atoms with Crippen LogP contribution >= 0.6 is 0 Å². The van der Waals surface area contributed by atoms with E-state index < -0.39 is 0 Å². The summed E-state index contributed by atoms with van der Waals surface area (Å²) in [4.78, 5) is 0.